The molecule has 0 amide bonds. The zero-order valence-electron chi connectivity index (χ0n) is 12.9. The van der Waals surface area contributed by atoms with Crippen molar-refractivity contribution in [3.63, 3.8) is 0 Å². The Balaban J connectivity index is 1.73. The van der Waals surface area contributed by atoms with Crippen molar-refractivity contribution in [1.29, 1.82) is 0 Å². The summed E-state index contributed by atoms with van der Waals surface area (Å²) in [6, 6.07) is 14.4. The molecule has 118 valence electrons. The number of aromatic nitrogens is 4. The van der Waals surface area contributed by atoms with Crippen LogP contribution in [0, 0.1) is 12.7 Å². The van der Waals surface area contributed by atoms with Crippen molar-refractivity contribution < 1.29 is 4.39 Å². The number of H-pyrrole nitrogens is 1. The summed E-state index contributed by atoms with van der Waals surface area (Å²) < 4.78 is 13.7. The van der Waals surface area contributed by atoms with Crippen LogP contribution in [0.15, 0.2) is 54.7 Å². The van der Waals surface area contributed by atoms with Crippen LogP contribution in [0.3, 0.4) is 0 Å². The molecule has 0 bridgehead atoms. The second-order valence-corrected chi connectivity index (χ2v) is 5.45. The molecule has 6 heteroatoms. The van der Waals surface area contributed by atoms with Crippen LogP contribution in [-0.2, 0) is 0 Å². The van der Waals surface area contributed by atoms with Gasteiger partial charge in [-0.25, -0.2) is 9.37 Å². The van der Waals surface area contributed by atoms with Gasteiger partial charge in [-0.3, -0.25) is 5.10 Å². The Kier molecular flexibility index (Phi) is 3.42. The zero-order chi connectivity index (χ0) is 16.5. The van der Waals surface area contributed by atoms with E-state index >= 15 is 0 Å². The number of nitrogens with one attached hydrogen (secondary N) is 2. The number of hydrogen-bond donors (Lipinski definition) is 2. The van der Waals surface area contributed by atoms with E-state index in [0.29, 0.717) is 17.3 Å². The van der Waals surface area contributed by atoms with Crippen LogP contribution in [0.1, 0.15) is 5.56 Å². The first kappa shape index (κ1) is 14.3. The summed E-state index contributed by atoms with van der Waals surface area (Å²) in [4.78, 5) is 8.64. The molecular formula is C18H14FN5. The molecule has 2 heterocycles. The van der Waals surface area contributed by atoms with Gasteiger partial charge >= 0.3 is 0 Å². The van der Waals surface area contributed by atoms with Crippen molar-refractivity contribution in [2.75, 3.05) is 5.32 Å². The molecule has 2 aromatic carbocycles. The fourth-order valence-corrected chi connectivity index (χ4v) is 2.61. The summed E-state index contributed by atoms with van der Waals surface area (Å²) in [5.74, 6) is -0.0562. The van der Waals surface area contributed by atoms with Gasteiger partial charge in [0.2, 0.25) is 5.95 Å². The molecule has 0 aliphatic rings. The molecule has 2 N–H and O–H groups in total. The van der Waals surface area contributed by atoms with Gasteiger partial charge in [-0.2, -0.15) is 10.1 Å². The maximum absolute atomic E-state index is 13.7. The number of aryl methyl sites for hydroxylation is 1. The molecular weight excluding hydrogens is 305 g/mol. The van der Waals surface area contributed by atoms with Crippen molar-refractivity contribution in [2.45, 2.75) is 6.92 Å². The number of hydrogen-bond acceptors (Lipinski definition) is 4. The lowest BCUT2D eigenvalue weighted by Crippen LogP contribution is -1.98. The Morgan fingerprint density at radius 1 is 1.04 bits per heavy atom. The minimum absolute atomic E-state index is 0.301. The quantitative estimate of drug-likeness (QED) is 0.593. The van der Waals surface area contributed by atoms with Gasteiger partial charge in [-0.15, -0.1) is 0 Å². The smallest absolute Gasteiger partial charge is 0.229 e. The molecule has 0 saturated heterocycles. The van der Waals surface area contributed by atoms with Crippen LogP contribution < -0.4 is 5.32 Å². The van der Waals surface area contributed by atoms with E-state index in [-0.39, 0.29) is 5.82 Å². The lowest BCUT2D eigenvalue weighted by atomic mass is 10.0. The number of para-hydroxylation sites is 1. The van der Waals surface area contributed by atoms with E-state index < -0.39 is 0 Å². The van der Waals surface area contributed by atoms with Crippen LogP contribution >= 0.6 is 0 Å². The molecule has 2 aromatic heterocycles. The molecule has 4 rings (SSSR count). The van der Waals surface area contributed by atoms with Gasteiger partial charge in [0.15, 0.2) is 5.65 Å². The molecule has 0 aliphatic heterocycles. The SMILES string of the molecule is Cc1ccccc1-c1[nH]nc2nc(Nc3ccccc3F)ncc12. The molecule has 0 atom stereocenters. The van der Waals surface area contributed by atoms with E-state index in [0.717, 1.165) is 22.2 Å². The molecule has 5 nitrogen and oxygen atoms in total. The average Bonchev–Trinajstić information content (AvgIpc) is 3.00. The number of rotatable bonds is 3. The monoisotopic (exact) mass is 319 g/mol. The molecule has 4 aromatic rings. The number of fused-ring (bicyclic) bond motifs is 1. The molecule has 0 fully saturated rings. The van der Waals surface area contributed by atoms with Crippen LogP contribution in [0.2, 0.25) is 0 Å². The van der Waals surface area contributed by atoms with Crippen molar-refractivity contribution in [1.82, 2.24) is 20.2 Å². The summed E-state index contributed by atoms with van der Waals surface area (Å²) in [5, 5.41) is 11.0. The first-order chi connectivity index (χ1) is 11.7. The van der Waals surface area contributed by atoms with Gasteiger partial charge in [0.25, 0.3) is 0 Å². The Morgan fingerprint density at radius 2 is 1.83 bits per heavy atom. The summed E-state index contributed by atoms with van der Waals surface area (Å²) in [6.07, 6.45) is 1.69. The third-order valence-corrected chi connectivity index (χ3v) is 3.85. The Bertz CT molecular complexity index is 1020. The predicted octanol–water partition coefficient (Wildman–Crippen LogP) is 4.21. The second-order valence-electron chi connectivity index (χ2n) is 5.45. The number of benzene rings is 2. The number of aromatic amines is 1. The molecule has 0 saturated carbocycles. The highest BCUT2D eigenvalue weighted by atomic mass is 19.1. The largest absolute Gasteiger partial charge is 0.322 e. The number of anilines is 2. The molecule has 0 spiro atoms. The van der Waals surface area contributed by atoms with Gasteiger partial charge in [0.05, 0.1) is 16.8 Å². The highest BCUT2D eigenvalue weighted by Gasteiger charge is 2.12. The summed E-state index contributed by atoms with van der Waals surface area (Å²) >= 11 is 0. The third-order valence-electron chi connectivity index (χ3n) is 3.85. The van der Waals surface area contributed by atoms with Gasteiger partial charge in [0.1, 0.15) is 5.82 Å². The Labute approximate surface area is 137 Å². The zero-order valence-corrected chi connectivity index (χ0v) is 12.9. The van der Waals surface area contributed by atoms with Crippen LogP contribution in [0.25, 0.3) is 22.3 Å². The number of halogens is 1. The normalized spacial score (nSPS) is 10.9. The minimum Gasteiger partial charge on any atom is -0.322 e. The van der Waals surface area contributed by atoms with Gasteiger partial charge in [-0.05, 0) is 24.6 Å². The maximum Gasteiger partial charge on any atom is 0.229 e. The molecule has 24 heavy (non-hydrogen) atoms. The fraction of sp³-hybridized carbons (Fsp3) is 0.0556. The Hall–Kier alpha value is -3.28. The first-order valence-electron chi connectivity index (χ1n) is 7.51. The second kappa shape index (κ2) is 5.73. The van der Waals surface area contributed by atoms with Crippen molar-refractivity contribution in [2.24, 2.45) is 0 Å². The van der Waals surface area contributed by atoms with Crippen LogP contribution in [0.4, 0.5) is 16.0 Å². The maximum atomic E-state index is 13.7. The van der Waals surface area contributed by atoms with Gasteiger partial charge in [0, 0.05) is 11.8 Å². The topological polar surface area (TPSA) is 66.5 Å². The van der Waals surface area contributed by atoms with Gasteiger partial charge in [-0.1, -0.05) is 36.4 Å². The van der Waals surface area contributed by atoms with E-state index in [1.807, 2.05) is 31.2 Å². The van der Waals surface area contributed by atoms with Crippen molar-refractivity contribution in [3.05, 3.63) is 66.1 Å². The Morgan fingerprint density at radius 3 is 2.67 bits per heavy atom. The van der Waals surface area contributed by atoms with Crippen LogP contribution in [-0.4, -0.2) is 20.2 Å². The third kappa shape index (κ3) is 2.48. The van der Waals surface area contributed by atoms with Crippen molar-refractivity contribution in [3.8, 4) is 11.3 Å². The molecule has 0 radical (unpaired) electrons. The highest BCUT2D eigenvalue weighted by molar-refractivity contribution is 5.91. The first-order valence-corrected chi connectivity index (χ1v) is 7.51. The van der Waals surface area contributed by atoms with E-state index in [4.69, 9.17) is 0 Å². The predicted molar refractivity (Wildman–Crippen MR) is 91.5 cm³/mol. The van der Waals surface area contributed by atoms with Crippen LogP contribution in [0.5, 0.6) is 0 Å². The lowest BCUT2D eigenvalue weighted by molar-refractivity contribution is 0.631. The van der Waals surface area contributed by atoms with Gasteiger partial charge < -0.3 is 5.32 Å². The summed E-state index contributed by atoms with van der Waals surface area (Å²) in [5.41, 5.74) is 3.92. The van der Waals surface area contributed by atoms with Crippen molar-refractivity contribution >= 4 is 22.7 Å². The average molecular weight is 319 g/mol. The summed E-state index contributed by atoms with van der Waals surface area (Å²) in [7, 11) is 0. The van der Waals surface area contributed by atoms with E-state index in [9.17, 15) is 4.39 Å². The lowest BCUT2D eigenvalue weighted by Gasteiger charge is -2.05. The minimum atomic E-state index is -0.358. The molecule has 0 unspecified atom stereocenters. The fourth-order valence-electron chi connectivity index (χ4n) is 2.61. The van der Waals surface area contributed by atoms with E-state index in [1.165, 1.54) is 6.07 Å². The molecule has 0 aliphatic carbocycles. The number of nitrogens with zero attached hydrogens (tertiary/aromatic N) is 3. The summed E-state index contributed by atoms with van der Waals surface area (Å²) in [6.45, 7) is 2.04. The van der Waals surface area contributed by atoms with E-state index in [2.05, 4.69) is 25.5 Å². The highest BCUT2D eigenvalue weighted by Crippen LogP contribution is 2.28. The van der Waals surface area contributed by atoms with E-state index in [1.54, 1.807) is 24.4 Å². The standard InChI is InChI=1S/C18H14FN5/c1-11-6-2-3-7-12(11)16-13-10-20-18(22-17(13)24-23-16)21-15-9-5-4-8-14(15)19/h2-10H,1H3,(H2,20,21,22,23,24).